The summed E-state index contributed by atoms with van der Waals surface area (Å²) in [4.78, 5) is 12.7. The molecule has 26 heavy (non-hydrogen) atoms. The van der Waals surface area contributed by atoms with E-state index in [0.717, 1.165) is 9.87 Å². The molecule has 1 aliphatic rings. The number of benzene rings is 2. The van der Waals surface area contributed by atoms with Gasteiger partial charge in [0.15, 0.2) is 0 Å². The van der Waals surface area contributed by atoms with E-state index in [1.165, 1.54) is 31.8 Å². The molecule has 3 rings (SSSR count). The molecule has 2 N–H and O–H groups in total. The van der Waals surface area contributed by atoms with Gasteiger partial charge in [0.05, 0.1) is 10.9 Å². The fourth-order valence-corrected chi connectivity index (χ4v) is 3.76. The second kappa shape index (κ2) is 8.18. The van der Waals surface area contributed by atoms with Crippen molar-refractivity contribution in [2.24, 2.45) is 0 Å². The molecule has 0 fully saturated rings. The Morgan fingerprint density at radius 1 is 1.12 bits per heavy atom. The average Bonchev–Trinajstić information content (AvgIpc) is 2.61. The van der Waals surface area contributed by atoms with E-state index in [1.54, 1.807) is 12.1 Å². The number of nitrogens with one attached hydrogen (secondary N) is 2. The van der Waals surface area contributed by atoms with Crippen molar-refractivity contribution in [3.05, 3.63) is 59.7 Å². The van der Waals surface area contributed by atoms with Gasteiger partial charge < -0.3 is 10.6 Å². The third-order valence-corrected chi connectivity index (χ3v) is 6.09. The first-order valence-corrected chi connectivity index (χ1v) is 9.45. The van der Waals surface area contributed by atoms with E-state index in [0.29, 0.717) is 18.7 Å². The minimum Gasteiger partial charge on any atom is -0.325 e. The quantitative estimate of drug-likeness (QED) is 0.830. The minimum atomic E-state index is -3.53. The van der Waals surface area contributed by atoms with E-state index in [-0.39, 0.29) is 29.3 Å². The zero-order chi connectivity index (χ0) is 18.0. The zero-order valence-corrected chi connectivity index (χ0v) is 16.2. The highest BCUT2D eigenvalue weighted by Gasteiger charge is 2.24. The first-order chi connectivity index (χ1) is 11.9. The molecule has 2 aromatic rings. The van der Waals surface area contributed by atoms with Crippen LogP contribution in [-0.2, 0) is 27.8 Å². The monoisotopic (exact) mass is 395 g/mol. The van der Waals surface area contributed by atoms with Crippen molar-refractivity contribution in [1.82, 2.24) is 9.62 Å². The number of sulfonamides is 1. The topological polar surface area (TPSA) is 78.5 Å². The van der Waals surface area contributed by atoms with Crippen LogP contribution in [0.5, 0.6) is 0 Å². The maximum Gasteiger partial charge on any atom is 0.242 e. The van der Waals surface area contributed by atoms with Gasteiger partial charge in [-0.1, -0.05) is 30.3 Å². The van der Waals surface area contributed by atoms with Gasteiger partial charge in [-0.05, 0) is 35.7 Å². The van der Waals surface area contributed by atoms with Crippen molar-refractivity contribution >= 4 is 34.0 Å². The lowest BCUT2D eigenvalue weighted by Gasteiger charge is -2.25. The molecule has 0 bridgehead atoms. The number of hydrogen-bond donors (Lipinski definition) is 2. The van der Waals surface area contributed by atoms with Gasteiger partial charge in [-0.3, -0.25) is 4.79 Å². The molecule has 0 aromatic heterocycles. The lowest BCUT2D eigenvalue weighted by atomic mass is 9.95. The third kappa shape index (κ3) is 4.24. The van der Waals surface area contributed by atoms with Crippen molar-refractivity contribution in [2.45, 2.75) is 23.9 Å². The first-order valence-electron chi connectivity index (χ1n) is 8.01. The summed E-state index contributed by atoms with van der Waals surface area (Å²) in [6.07, 6.45) is 0.609. The molecule has 1 aliphatic heterocycles. The Balaban J connectivity index is 0.00000243. The molecule has 2 aromatic carbocycles. The SMILES string of the molecule is CN(C)S(=O)(=O)c1cccc(NC(=O)C2Cc3ccccc3CN2)c1.Cl. The highest BCUT2D eigenvalue weighted by atomic mass is 35.5. The number of amides is 1. The minimum absolute atomic E-state index is 0. The summed E-state index contributed by atoms with van der Waals surface area (Å²) in [6.45, 7) is 0.642. The maximum atomic E-state index is 12.5. The molecule has 8 heteroatoms. The van der Waals surface area contributed by atoms with Crippen LogP contribution < -0.4 is 10.6 Å². The van der Waals surface area contributed by atoms with E-state index in [2.05, 4.69) is 10.6 Å². The molecule has 0 saturated heterocycles. The van der Waals surface area contributed by atoms with Crippen molar-refractivity contribution in [2.75, 3.05) is 19.4 Å². The number of rotatable bonds is 4. The number of carbonyl (C=O) groups excluding carboxylic acids is 1. The average molecular weight is 396 g/mol. The van der Waals surface area contributed by atoms with Crippen LogP contribution in [0, 0.1) is 0 Å². The maximum absolute atomic E-state index is 12.5. The Morgan fingerprint density at radius 2 is 1.81 bits per heavy atom. The van der Waals surface area contributed by atoms with E-state index in [9.17, 15) is 13.2 Å². The second-order valence-corrected chi connectivity index (χ2v) is 8.36. The van der Waals surface area contributed by atoms with Gasteiger partial charge in [-0.2, -0.15) is 0 Å². The molecule has 0 radical (unpaired) electrons. The summed E-state index contributed by atoms with van der Waals surface area (Å²) in [5, 5.41) is 6.03. The zero-order valence-electron chi connectivity index (χ0n) is 14.6. The highest BCUT2D eigenvalue weighted by molar-refractivity contribution is 7.89. The van der Waals surface area contributed by atoms with Gasteiger partial charge in [0.2, 0.25) is 15.9 Å². The molecule has 1 atom stereocenters. The van der Waals surface area contributed by atoms with E-state index in [1.807, 2.05) is 24.3 Å². The second-order valence-electron chi connectivity index (χ2n) is 6.21. The molecule has 6 nitrogen and oxygen atoms in total. The Kier molecular flexibility index (Phi) is 6.41. The van der Waals surface area contributed by atoms with Crippen LogP contribution in [0.15, 0.2) is 53.4 Å². The number of fused-ring (bicyclic) bond motifs is 1. The molecule has 1 amide bonds. The molecule has 1 unspecified atom stereocenters. The lowest BCUT2D eigenvalue weighted by Crippen LogP contribution is -2.44. The number of hydrogen-bond acceptors (Lipinski definition) is 4. The largest absolute Gasteiger partial charge is 0.325 e. The van der Waals surface area contributed by atoms with Crippen LogP contribution in [0.4, 0.5) is 5.69 Å². The van der Waals surface area contributed by atoms with Gasteiger partial charge in [-0.15, -0.1) is 12.4 Å². The number of carbonyl (C=O) groups is 1. The van der Waals surface area contributed by atoms with Gasteiger partial charge in [0.25, 0.3) is 0 Å². The van der Waals surface area contributed by atoms with E-state index >= 15 is 0 Å². The summed E-state index contributed by atoms with van der Waals surface area (Å²) in [7, 11) is -0.581. The van der Waals surface area contributed by atoms with Gasteiger partial charge in [0, 0.05) is 26.3 Å². The molecular weight excluding hydrogens is 374 g/mol. The standard InChI is InChI=1S/C18H21N3O3S.ClH/c1-21(2)25(23,24)16-9-5-8-15(11-16)20-18(22)17-10-13-6-3-4-7-14(13)12-19-17;/h3-9,11,17,19H,10,12H2,1-2H3,(H,20,22);1H. The van der Waals surface area contributed by atoms with E-state index < -0.39 is 10.0 Å². The highest BCUT2D eigenvalue weighted by Crippen LogP contribution is 2.20. The van der Waals surface area contributed by atoms with Crippen molar-refractivity contribution in [3.63, 3.8) is 0 Å². The summed E-state index contributed by atoms with van der Waals surface area (Å²) in [6, 6.07) is 14.0. The normalized spacial score (nSPS) is 16.5. The van der Waals surface area contributed by atoms with Crippen LogP contribution in [-0.4, -0.2) is 38.8 Å². The summed E-state index contributed by atoms with van der Waals surface area (Å²) >= 11 is 0. The van der Waals surface area contributed by atoms with Crippen LogP contribution in [0.25, 0.3) is 0 Å². The van der Waals surface area contributed by atoms with Crippen LogP contribution >= 0.6 is 12.4 Å². The fraction of sp³-hybridized carbons (Fsp3) is 0.278. The molecule has 0 saturated carbocycles. The van der Waals surface area contributed by atoms with E-state index in [4.69, 9.17) is 0 Å². The Morgan fingerprint density at radius 3 is 2.50 bits per heavy atom. The molecule has 0 spiro atoms. The predicted octanol–water partition coefficient (Wildman–Crippen LogP) is 2.01. The molecule has 1 heterocycles. The fourth-order valence-electron chi connectivity index (χ4n) is 2.81. The third-order valence-electron chi connectivity index (χ3n) is 4.28. The Labute approximate surface area is 160 Å². The van der Waals surface area contributed by atoms with Gasteiger partial charge in [-0.25, -0.2) is 12.7 Å². The lowest BCUT2D eigenvalue weighted by molar-refractivity contribution is -0.118. The molecule has 0 aliphatic carbocycles. The Bertz CT molecular complexity index is 900. The van der Waals surface area contributed by atoms with Crippen LogP contribution in [0.2, 0.25) is 0 Å². The molecule has 140 valence electrons. The Hall–Kier alpha value is -1.93. The van der Waals surface area contributed by atoms with Gasteiger partial charge in [0.1, 0.15) is 0 Å². The number of halogens is 1. The summed E-state index contributed by atoms with van der Waals surface area (Å²) in [5.74, 6) is -0.172. The summed E-state index contributed by atoms with van der Waals surface area (Å²) in [5.41, 5.74) is 2.82. The number of anilines is 1. The van der Waals surface area contributed by atoms with Crippen molar-refractivity contribution < 1.29 is 13.2 Å². The van der Waals surface area contributed by atoms with Crippen molar-refractivity contribution in [3.8, 4) is 0 Å². The van der Waals surface area contributed by atoms with Crippen LogP contribution in [0.3, 0.4) is 0 Å². The van der Waals surface area contributed by atoms with Crippen molar-refractivity contribution in [1.29, 1.82) is 0 Å². The van der Waals surface area contributed by atoms with Gasteiger partial charge >= 0.3 is 0 Å². The van der Waals surface area contributed by atoms with Crippen LogP contribution in [0.1, 0.15) is 11.1 Å². The first kappa shape index (κ1) is 20.4. The molecular formula is C18H22ClN3O3S. The smallest absolute Gasteiger partial charge is 0.242 e. The predicted molar refractivity (Wildman–Crippen MR) is 104 cm³/mol. The number of nitrogens with zero attached hydrogens (tertiary/aromatic N) is 1. The summed E-state index contributed by atoms with van der Waals surface area (Å²) < 4.78 is 25.6.